The van der Waals surface area contributed by atoms with Crippen molar-refractivity contribution in [3.8, 4) is 0 Å². The third kappa shape index (κ3) is 2.53. The van der Waals surface area contributed by atoms with Gasteiger partial charge in [0, 0.05) is 6.04 Å². The molecule has 0 radical (unpaired) electrons. The lowest BCUT2D eigenvalue weighted by Crippen LogP contribution is -2.32. The van der Waals surface area contributed by atoms with E-state index in [0.29, 0.717) is 0 Å². The van der Waals surface area contributed by atoms with Crippen LogP contribution in [0.15, 0.2) is 0 Å². The van der Waals surface area contributed by atoms with E-state index in [9.17, 15) is 4.39 Å². The maximum Gasteiger partial charge on any atom is 0.117 e. The minimum atomic E-state index is -0.986. The van der Waals surface area contributed by atoms with E-state index in [1.165, 1.54) is 0 Å². The highest BCUT2D eigenvalue weighted by atomic mass is 19.1. The van der Waals surface area contributed by atoms with E-state index < -0.39 is 18.8 Å². The van der Waals surface area contributed by atoms with Crippen molar-refractivity contribution >= 4 is 0 Å². The Morgan fingerprint density at radius 1 is 1.86 bits per heavy atom. The molecule has 3 N–H and O–H groups in total. The SMILES string of the molecule is C[C@@H](N)[C@H](O)CF. The highest BCUT2D eigenvalue weighted by Gasteiger charge is 2.06. The summed E-state index contributed by atoms with van der Waals surface area (Å²) in [4.78, 5) is 0. The van der Waals surface area contributed by atoms with Crippen LogP contribution in [-0.4, -0.2) is 23.9 Å². The second-order valence-electron chi connectivity index (χ2n) is 1.58. The fourth-order valence-corrected chi connectivity index (χ4v) is 0.141. The minimum Gasteiger partial charge on any atom is -0.389 e. The van der Waals surface area contributed by atoms with Gasteiger partial charge in [0.05, 0.1) is 6.10 Å². The fourth-order valence-electron chi connectivity index (χ4n) is 0.141. The van der Waals surface area contributed by atoms with Gasteiger partial charge in [0.25, 0.3) is 0 Å². The molecule has 7 heavy (non-hydrogen) atoms. The fraction of sp³-hybridized carbons (Fsp3) is 1.00. The van der Waals surface area contributed by atoms with Gasteiger partial charge in [-0.05, 0) is 6.92 Å². The quantitative estimate of drug-likeness (QED) is 0.507. The van der Waals surface area contributed by atoms with Crippen LogP contribution in [-0.2, 0) is 0 Å². The topological polar surface area (TPSA) is 46.2 Å². The first-order chi connectivity index (χ1) is 3.18. The maximum absolute atomic E-state index is 11.3. The molecule has 0 spiro atoms. The number of nitrogens with two attached hydrogens (primary N) is 1. The second-order valence-corrected chi connectivity index (χ2v) is 1.58. The molecule has 0 aromatic rings. The first-order valence-electron chi connectivity index (χ1n) is 2.18. The highest BCUT2D eigenvalue weighted by molar-refractivity contribution is 4.63. The third-order valence-corrected chi connectivity index (χ3v) is 0.765. The number of aliphatic hydroxyl groups is 1. The van der Waals surface area contributed by atoms with Crippen LogP contribution in [0.1, 0.15) is 6.92 Å². The van der Waals surface area contributed by atoms with Crippen molar-refractivity contribution < 1.29 is 9.50 Å². The van der Waals surface area contributed by atoms with Crippen LogP contribution in [0.5, 0.6) is 0 Å². The number of aliphatic hydroxyl groups excluding tert-OH is 1. The van der Waals surface area contributed by atoms with Gasteiger partial charge in [-0.25, -0.2) is 4.39 Å². The van der Waals surface area contributed by atoms with Crippen molar-refractivity contribution in [2.75, 3.05) is 6.67 Å². The lowest BCUT2D eigenvalue weighted by molar-refractivity contribution is 0.119. The molecule has 44 valence electrons. The molecule has 2 nitrogen and oxygen atoms in total. The average Bonchev–Trinajstić information content (AvgIpc) is 1.65. The molecular formula is C4H10FNO. The van der Waals surface area contributed by atoms with Crippen molar-refractivity contribution in [1.82, 2.24) is 0 Å². The standard InChI is InChI=1S/C4H10FNO/c1-3(6)4(7)2-5/h3-4,7H,2,6H2,1H3/t3-,4-/m1/s1. The number of hydrogen-bond donors (Lipinski definition) is 2. The molecule has 3 heteroatoms. The van der Waals surface area contributed by atoms with Crippen molar-refractivity contribution in [3.63, 3.8) is 0 Å². The summed E-state index contributed by atoms with van der Waals surface area (Å²) in [6.45, 7) is 0.807. The molecule has 0 amide bonds. The average molecular weight is 107 g/mol. The Labute approximate surface area is 42.1 Å². The van der Waals surface area contributed by atoms with Gasteiger partial charge in [0.2, 0.25) is 0 Å². The molecule has 0 aliphatic heterocycles. The molecule has 0 aromatic carbocycles. The van der Waals surface area contributed by atoms with Crippen LogP contribution < -0.4 is 5.73 Å². The Bertz CT molecular complexity index is 49.0. The van der Waals surface area contributed by atoms with Gasteiger partial charge in [-0.3, -0.25) is 0 Å². The Morgan fingerprint density at radius 3 is 2.29 bits per heavy atom. The van der Waals surface area contributed by atoms with E-state index in [1.807, 2.05) is 0 Å². The lowest BCUT2D eigenvalue weighted by atomic mass is 10.2. The summed E-state index contributed by atoms with van der Waals surface area (Å²) in [7, 11) is 0. The molecule has 0 saturated carbocycles. The van der Waals surface area contributed by atoms with Gasteiger partial charge in [0.1, 0.15) is 6.67 Å². The van der Waals surface area contributed by atoms with Crippen molar-refractivity contribution in [1.29, 1.82) is 0 Å². The molecule has 0 heterocycles. The zero-order chi connectivity index (χ0) is 5.86. The lowest BCUT2D eigenvalue weighted by Gasteiger charge is -2.07. The third-order valence-electron chi connectivity index (χ3n) is 0.765. The normalized spacial score (nSPS) is 18.9. The van der Waals surface area contributed by atoms with E-state index in [4.69, 9.17) is 10.8 Å². The zero-order valence-electron chi connectivity index (χ0n) is 4.26. The number of alkyl halides is 1. The summed E-state index contributed by atoms with van der Waals surface area (Å²) in [6.07, 6.45) is -0.986. The first-order valence-corrected chi connectivity index (χ1v) is 2.18. The smallest absolute Gasteiger partial charge is 0.117 e. The molecule has 0 aliphatic rings. The molecule has 0 fully saturated rings. The van der Waals surface area contributed by atoms with Gasteiger partial charge in [-0.2, -0.15) is 0 Å². The van der Waals surface area contributed by atoms with Gasteiger partial charge in [-0.1, -0.05) is 0 Å². The molecule has 0 bridgehead atoms. The largest absolute Gasteiger partial charge is 0.389 e. The summed E-state index contributed by atoms with van der Waals surface area (Å²) in [5, 5.41) is 8.44. The summed E-state index contributed by atoms with van der Waals surface area (Å²) >= 11 is 0. The van der Waals surface area contributed by atoms with Crippen LogP contribution in [0.3, 0.4) is 0 Å². The molecule has 0 unspecified atom stereocenters. The van der Waals surface area contributed by atoms with Gasteiger partial charge in [-0.15, -0.1) is 0 Å². The van der Waals surface area contributed by atoms with Crippen LogP contribution in [0.2, 0.25) is 0 Å². The molecule has 0 aliphatic carbocycles. The minimum absolute atomic E-state index is 0.454. The molecule has 2 atom stereocenters. The monoisotopic (exact) mass is 107 g/mol. The van der Waals surface area contributed by atoms with Crippen molar-refractivity contribution in [2.24, 2.45) is 5.73 Å². The molecule has 0 aromatic heterocycles. The summed E-state index contributed by atoms with van der Waals surface area (Å²) in [5.41, 5.74) is 5.06. The van der Waals surface area contributed by atoms with E-state index in [-0.39, 0.29) is 0 Å². The van der Waals surface area contributed by atoms with Crippen molar-refractivity contribution in [2.45, 2.75) is 19.1 Å². The Morgan fingerprint density at radius 2 is 2.29 bits per heavy atom. The van der Waals surface area contributed by atoms with Gasteiger partial charge < -0.3 is 10.8 Å². The summed E-state index contributed by atoms with van der Waals surface area (Å²) < 4.78 is 11.3. The highest BCUT2D eigenvalue weighted by Crippen LogP contribution is 1.87. The zero-order valence-corrected chi connectivity index (χ0v) is 4.26. The summed E-state index contributed by atoms with van der Waals surface area (Å²) in [5.74, 6) is 0. The number of rotatable bonds is 2. The van der Waals surface area contributed by atoms with E-state index in [0.717, 1.165) is 0 Å². The first kappa shape index (κ1) is 6.85. The maximum atomic E-state index is 11.3. The predicted octanol–water partition coefficient (Wildman–Crippen LogP) is -0.336. The number of hydrogen-bond acceptors (Lipinski definition) is 2. The Kier molecular flexibility index (Phi) is 2.87. The summed E-state index contributed by atoms with van der Waals surface area (Å²) in [6, 6.07) is -0.454. The van der Waals surface area contributed by atoms with Crippen LogP contribution in [0, 0.1) is 0 Å². The number of halogens is 1. The van der Waals surface area contributed by atoms with Crippen LogP contribution in [0.4, 0.5) is 4.39 Å². The van der Waals surface area contributed by atoms with E-state index in [1.54, 1.807) is 6.92 Å². The molecular weight excluding hydrogens is 97.0 g/mol. The molecule has 0 rings (SSSR count). The van der Waals surface area contributed by atoms with Crippen LogP contribution in [0.25, 0.3) is 0 Å². The van der Waals surface area contributed by atoms with E-state index in [2.05, 4.69) is 0 Å². The molecule has 0 saturated heterocycles. The Balaban J connectivity index is 3.14. The van der Waals surface area contributed by atoms with Gasteiger partial charge >= 0.3 is 0 Å². The van der Waals surface area contributed by atoms with E-state index >= 15 is 0 Å². The van der Waals surface area contributed by atoms with Crippen molar-refractivity contribution in [3.05, 3.63) is 0 Å². The second kappa shape index (κ2) is 2.93. The predicted molar refractivity (Wildman–Crippen MR) is 25.6 cm³/mol. The van der Waals surface area contributed by atoms with Gasteiger partial charge in [0.15, 0.2) is 0 Å². The van der Waals surface area contributed by atoms with Crippen LogP contribution >= 0.6 is 0 Å². The Hall–Kier alpha value is -0.150.